The fourth-order valence-corrected chi connectivity index (χ4v) is 3.98. The van der Waals surface area contributed by atoms with Crippen LogP contribution in [0.4, 0.5) is 5.69 Å². The molecule has 1 amide bonds. The van der Waals surface area contributed by atoms with Crippen LogP contribution in [-0.2, 0) is 16.1 Å². The number of rotatable bonds is 7. The molecule has 2 aromatic carbocycles. The molecule has 0 unspecified atom stereocenters. The largest absolute Gasteiger partial charge is 0.383 e. The Bertz CT molecular complexity index is 1120. The van der Waals surface area contributed by atoms with Crippen molar-refractivity contribution in [1.82, 2.24) is 9.55 Å². The Morgan fingerprint density at radius 2 is 2.03 bits per heavy atom. The minimum Gasteiger partial charge on any atom is -0.383 e. The highest BCUT2D eigenvalue weighted by Crippen LogP contribution is 2.24. The first-order valence-corrected chi connectivity index (χ1v) is 10.5. The summed E-state index contributed by atoms with van der Waals surface area (Å²) in [5.41, 5.74) is 1.83. The molecule has 0 radical (unpaired) electrons. The van der Waals surface area contributed by atoms with Crippen molar-refractivity contribution in [3.8, 4) is 0 Å². The number of amides is 1. The lowest BCUT2D eigenvalue weighted by Crippen LogP contribution is -2.26. The number of hydrogen-bond acceptors (Lipinski definition) is 5. The predicted molar refractivity (Wildman–Crippen MR) is 118 cm³/mol. The monoisotopic (exact) mass is 451 g/mol. The summed E-state index contributed by atoms with van der Waals surface area (Å²) < 4.78 is 6.61. The van der Waals surface area contributed by atoms with Gasteiger partial charge in [0.1, 0.15) is 0 Å². The van der Waals surface area contributed by atoms with E-state index in [9.17, 15) is 9.59 Å². The molecule has 0 aliphatic rings. The second kappa shape index (κ2) is 9.63. The number of benzene rings is 2. The van der Waals surface area contributed by atoms with Crippen LogP contribution >= 0.6 is 35.0 Å². The van der Waals surface area contributed by atoms with Crippen molar-refractivity contribution in [3.63, 3.8) is 0 Å². The third kappa shape index (κ3) is 5.30. The normalized spacial score (nSPS) is 11.0. The highest BCUT2D eigenvalue weighted by Gasteiger charge is 2.14. The molecule has 0 atom stereocenters. The van der Waals surface area contributed by atoms with E-state index in [0.29, 0.717) is 44.9 Å². The van der Waals surface area contributed by atoms with Gasteiger partial charge in [-0.3, -0.25) is 14.2 Å². The quantitative estimate of drug-likeness (QED) is 0.425. The van der Waals surface area contributed by atoms with Gasteiger partial charge in [-0.1, -0.05) is 41.0 Å². The molecule has 0 fully saturated rings. The molecule has 3 rings (SSSR count). The molecule has 0 bridgehead atoms. The molecule has 29 heavy (non-hydrogen) atoms. The number of thioether (sulfide) groups is 1. The number of nitrogens with zero attached hydrogens (tertiary/aromatic N) is 2. The van der Waals surface area contributed by atoms with Gasteiger partial charge in [-0.05, 0) is 42.8 Å². The summed E-state index contributed by atoms with van der Waals surface area (Å²) in [6.07, 6.45) is 0. The predicted octanol–water partition coefficient (Wildman–Crippen LogP) is 4.39. The Balaban J connectivity index is 1.83. The minimum absolute atomic E-state index is 0.0652. The third-order valence-corrected chi connectivity index (χ3v) is 5.66. The summed E-state index contributed by atoms with van der Waals surface area (Å²) in [5.74, 6) is -0.185. The Morgan fingerprint density at radius 3 is 2.76 bits per heavy atom. The molecule has 3 aromatic rings. The number of halogens is 2. The number of aryl methyl sites for hydroxylation is 1. The van der Waals surface area contributed by atoms with Gasteiger partial charge in [0.25, 0.3) is 5.56 Å². The lowest BCUT2D eigenvalue weighted by molar-refractivity contribution is -0.113. The lowest BCUT2D eigenvalue weighted by Gasteiger charge is -2.13. The zero-order chi connectivity index (χ0) is 21.0. The number of ether oxygens (including phenoxy) is 1. The van der Waals surface area contributed by atoms with E-state index in [-0.39, 0.29) is 17.2 Å². The van der Waals surface area contributed by atoms with E-state index >= 15 is 0 Å². The van der Waals surface area contributed by atoms with Crippen LogP contribution in [0.3, 0.4) is 0 Å². The first-order chi connectivity index (χ1) is 13.9. The van der Waals surface area contributed by atoms with Crippen molar-refractivity contribution in [1.29, 1.82) is 0 Å². The maximum absolute atomic E-state index is 12.9. The van der Waals surface area contributed by atoms with Crippen LogP contribution in [0.1, 0.15) is 5.56 Å². The molecule has 9 heteroatoms. The molecular formula is C20H19Cl2N3O3S. The first kappa shape index (κ1) is 21.6. The molecule has 0 aliphatic carbocycles. The smallest absolute Gasteiger partial charge is 0.262 e. The SMILES string of the molecule is COCCn1c(SCC(=O)Nc2ccc(C)cc2Cl)nc2cc(Cl)ccc2c1=O. The van der Waals surface area contributed by atoms with Crippen LogP contribution in [0.5, 0.6) is 0 Å². The average molecular weight is 452 g/mol. The van der Waals surface area contributed by atoms with Crippen molar-refractivity contribution < 1.29 is 9.53 Å². The lowest BCUT2D eigenvalue weighted by atomic mass is 10.2. The third-order valence-electron chi connectivity index (χ3n) is 4.13. The summed E-state index contributed by atoms with van der Waals surface area (Å²) in [6, 6.07) is 10.3. The number of aromatic nitrogens is 2. The summed E-state index contributed by atoms with van der Waals surface area (Å²) in [4.78, 5) is 29.8. The van der Waals surface area contributed by atoms with Crippen molar-refractivity contribution in [2.24, 2.45) is 0 Å². The van der Waals surface area contributed by atoms with E-state index in [2.05, 4.69) is 10.3 Å². The zero-order valence-electron chi connectivity index (χ0n) is 15.9. The van der Waals surface area contributed by atoms with E-state index < -0.39 is 0 Å². The number of methoxy groups -OCH3 is 1. The Hall–Kier alpha value is -2.06. The van der Waals surface area contributed by atoms with Crippen LogP contribution in [0.15, 0.2) is 46.3 Å². The molecule has 152 valence electrons. The number of anilines is 1. The van der Waals surface area contributed by atoms with Gasteiger partial charge >= 0.3 is 0 Å². The maximum Gasteiger partial charge on any atom is 0.262 e. The molecule has 6 nitrogen and oxygen atoms in total. The van der Waals surface area contributed by atoms with Gasteiger partial charge in [-0.2, -0.15) is 0 Å². The molecule has 1 aromatic heterocycles. The van der Waals surface area contributed by atoms with Gasteiger partial charge in [0, 0.05) is 12.1 Å². The summed E-state index contributed by atoms with van der Waals surface area (Å²) in [5, 5.41) is 4.62. The van der Waals surface area contributed by atoms with Gasteiger partial charge < -0.3 is 10.1 Å². The fraction of sp³-hybridized carbons (Fsp3) is 0.250. The van der Waals surface area contributed by atoms with Gasteiger partial charge in [0.2, 0.25) is 5.91 Å². The fourth-order valence-electron chi connectivity index (χ4n) is 2.70. The molecular weight excluding hydrogens is 433 g/mol. The van der Waals surface area contributed by atoms with E-state index in [0.717, 1.165) is 5.56 Å². The standard InChI is InChI=1S/C20H19Cl2N3O3S/c1-12-3-6-16(15(22)9-12)23-18(26)11-29-20-24-17-10-13(21)4-5-14(17)19(27)25(20)7-8-28-2/h3-6,9-10H,7-8,11H2,1-2H3,(H,23,26). The number of carbonyl (C=O) groups is 1. The van der Waals surface area contributed by atoms with Gasteiger partial charge in [0.15, 0.2) is 5.16 Å². The van der Waals surface area contributed by atoms with E-state index in [1.165, 1.54) is 16.3 Å². The van der Waals surface area contributed by atoms with Crippen molar-refractivity contribution in [2.45, 2.75) is 18.6 Å². The van der Waals surface area contributed by atoms with Crippen molar-refractivity contribution in [3.05, 3.63) is 62.4 Å². The van der Waals surface area contributed by atoms with Gasteiger partial charge in [-0.15, -0.1) is 0 Å². The Kier molecular flexibility index (Phi) is 7.18. The molecule has 1 heterocycles. The van der Waals surface area contributed by atoms with Crippen LogP contribution < -0.4 is 10.9 Å². The van der Waals surface area contributed by atoms with Crippen LogP contribution in [0.2, 0.25) is 10.0 Å². The highest BCUT2D eigenvalue weighted by atomic mass is 35.5. The zero-order valence-corrected chi connectivity index (χ0v) is 18.2. The molecule has 1 N–H and O–H groups in total. The second-order valence-corrected chi connectivity index (χ2v) is 8.11. The number of nitrogens with one attached hydrogen (secondary N) is 1. The highest BCUT2D eigenvalue weighted by molar-refractivity contribution is 7.99. The Morgan fingerprint density at radius 1 is 1.24 bits per heavy atom. The molecule has 0 saturated carbocycles. The summed E-state index contributed by atoms with van der Waals surface area (Å²) in [7, 11) is 1.56. The Labute approximate surface area is 182 Å². The van der Waals surface area contributed by atoms with Crippen LogP contribution in [0.25, 0.3) is 10.9 Å². The van der Waals surface area contributed by atoms with Crippen molar-refractivity contribution >= 4 is 57.5 Å². The van der Waals surface area contributed by atoms with Gasteiger partial charge in [0.05, 0.1) is 40.5 Å². The van der Waals surface area contributed by atoms with Crippen LogP contribution in [0, 0.1) is 6.92 Å². The summed E-state index contributed by atoms with van der Waals surface area (Å²) in [6.45, 7) is 2.60. The molecule has 0 aliphatic heterocycles. The minimum atomic E-state index is -0.250. The van der Waals surface area contributed by atoms with E-state index in [1.54, 1.807) is 37.4 Å². The van der Waals surface area contributed by atoms with E-state index in [4.69, 9.17) is 27.9 Å². The molecule has 0 spiro atoms. The van der Waals surface area contributed by atoms with Crippen molar-refractivity contribution in [2.75, 3.05) is 24.8 Å². The maximum atomic E-state index is 12.9. The number of fused-ring (bicyclic) bond motifs is 1. The first-order valence-electron chi connectivity index (χ1n) is 8.77. The van der Waals surface area contributed by atoms with Crippen LogP contribution in [-0.4, -0.2) is 34.9 Å². The topological polar surface area (TPSA) is 73.2 Å². The second-order valence-electron chi connectivity index (χ2n) is 6.33. The average Bonchev–Trinajstić information content (AvgIpc) is 2.68. The summed E-state index contributed by atoms with van der Waals surface area (Å²) >= 11 is 13.4. The molecule has 0 saturated heterocycles. The number of hydrogen-bond donors (Lipinski definition) is 1. The number of carbonyl (C=O) groups excluding carboxylic acids is 1. The van der Waals surface area contributed by atoms with E-state index in [1.807, 2.05) is 13.0 Å². The van der Waals surface area contributed by atoms with Gasteiger partial charge in [-0.25, -0.2) is 4.98 Å².